The molecule has 2 heteroatoms. The number of carbonyl (C=O) groups is 1. The Hall–Kier alpha value is -1.15. The first-order valence-corrected chi connectivity index (χ1v) is 5.41. The quantitative estimate of drug-likeness (QED) is 0.692. The van der Waals surface area contributed by atoms with Crippen molar-refractivity contribution in [2.45, 2.75) is 32.8 Å². The summed E-state index contributed by atoms with van der Waals surface area (Å²) in [5.41, 5.74) is 3.17. The highest BCUT2D eigenvalue weighted by Gasteiger charge is 2.24. The Morgan fingerprint density at radius 2 is 2.13 bits per heavy atom. The lowest BCUT2D eigenvalue weighted by atomic mass is 10.00. The van der Waals surface area contributed by atoms with Gasteiger partial charge in [-0.3, -0.25) is 4.79 Å². The van der Waals surface area contributed by atoms with Crippen LogP contribution in [0.1, 0.15) is 34.3 Å². The molecule has 2 rings (SSSR count). The number of rotatable bonds is 2. The van der Waals surface area contributed by atoms with Crippen molar-refractivity contribution >= 4 is 5.78 Å². The fourth-order valence-corrected chi connectivity index (χ4v) is 1.87. The van der Waals surface area contributed by atoms with Crippen LogP contribution in [0.3, 0.4) is 0 Å². The predicted molar refractivity (Wildman–Crippen MR) is 59.2 cm³/mol. The zero-order chi connectivity index (χ0) is 10.8. The molecule has 0 spiro atoms. The molecule has 0 aliphatic carbocycles. The number of aryl methyl sites for hydroxylation is 2. The van der Waals surface area contributed by atoms with E-state index in [1.165, 1.54) is 11.1 Å². The van der Waals surface area contributed by atoms with Crippen LogP contribution in [-0.2, 0) is 4.74 Å². The lowest BCUT2D eigenvalue weighted by molar-refractivity contribution is 0.0643. The maximum Gasteiger partial charge on any atom is 0.191 e. The van der Waals surface area contributed by atoms with Gasteiger partial charge in [0.2, 0.25) is 0 Å². The highest BCUT2D eigenvalue weighted by Crippen LogP contribution is 2.19. The molecule has 1 saturated heterocycles. The van der Waals surface area contributed by atoms with Crippen LogP contribution in [0, 0.1) is 13.8 Å². The minimum atomic E-state index is -0.202. The smallest absolute Gasteiger partial charge is 0.191 e. The molecule has 1 heterocycles. The first-order valence-electron chi connectivity index (χ1n) is 5.41. The minimum absolute atomic E-state index is 0.135. The van der Waals surface area contributed by atoms with Gasteiger partial charge in [-0.25, -0.2) is 0 Å². The molecule has 1 aromatic carbocycles. The summed E-state index contributed by atoms with van der Waals surface area (Å²) in [6.07, 6.45) is 1.67. The summed E-state index contributed by atoms with van der Waals surface area (Å²) in [5.74, 6) is 0.135. The SMILES string of the molecule is Cc1ccc(C(=O)C2CCCO2)cc1C. The topological polar surface area (TPSA) is 26.3 Å². The molecule has 0 amide bonds. The van der Waals surface area contributed by atoms with Crippen molar-refractivity contribution in [1.82, 2.24) is 0 Å². The van der Waals surface area contributed by atoms with E-state index in [2.05, 4.69) is 6.92 Å². The van der Waals surface area contributed by atoms with Gasteiger partial charge in [0.15, 0.2) is 5.78 Å². The molecule has 15 heavy (non-hydrogen) atoms. The van der Waals surface area contributed by atoms with Crippen LogP contribution in [0.25, 0.3) is 0 Å². The van der Waals surface area contributed by atoms with Crippen molar-refractivity contribution in [3.8, 4) is 0 Å². The van der Waals surface area contributed by atoms with Crippen LogP contribution in [0.15, 0.2) is 18.2 Å². The number of ether oxygens (including phenoxy) is 1. The van der Waals surface area contributed by atoms with Crippen LogP contribution >= 0.6 is 0 Å². The Kier molecular flexibility index (Phi) is 2.87. The van der Waals surface area contributed by atoms with Gasteiger partial charge in [-0.15, -0.1) is 0 Å². The Balaban J connectivity index is 2.21. The van der Waals surface area contributed by atoms with Crippen molar-refractivity contribution in [1.29, 1.82) is 0 Å². The molecular formula is C13H16O2. The van der Waals surface area contributed by atoms with Crippen LogP contribution in [-0.4, -0.2) is 18.5 Å². The fraction of sp³-hybridized carbons (Fsp3) is 0.462. The zero-order valence-corrected chi connectivity index (χ0v) is 9.25. The summed E-state index contributed by atoms with van der Waals surface area (Å²) in [6, 6.07) is 5.85. The van der Waals surface area contributed by atoms with Crippen molar-refractivity contribution in [3.63, 3.8) is 0 Å². The molecular weight excluding hydrogens is 188 g/mol. The molecule has 0 aromatic heterocycles. The first-order chi connectivity index (χ1) is 7.18. The summed E-state index contributed by atoms with van der Waals surface area (Å²) in [7, 11) is 0. The van der Waals surface area contributed by atoms with E-state index in [4.69, 9.17) is 4.74 Å². The molecule has 1 fully saturated rings. The third kappa shape index (κ3) is 2.10. The molecule has 1 aromatic rings. The van der Waals surface area contributed by atoms with Crippen LogP contribution in [0.5, 0.6) is 0 Å². The number of benzene rings is 1. The number of ketones is 1. The third-order valence-corrected chi connectivity index (χ3v) is 3.01. The lowest BCUT2D eigenvalue weighted by Crippen LogP contribution is -2.19. The molecule has 1 aliphatic rings. The molecule has 1 unspecified atom stereocenters. The van der Waals surface area contributed by atoms with Gasteiger partial charge < -0.3 is 4.74 Å². The molecule has 1 atom stereocenters. The van der Waals surface area contributed by atoms with Gasteiger partial charge in [0.1, 0.15) is 6.10 Å². The van der Waals surface area contributed by atoms with Crippen molar-refractivity contribution in [2.24, 2.45) is 0 Å². The lowest BCUT2D eigenvalue weighted by Gasteiger charge is -2.09. The summed E-state index contributed by atoms with van der Waals surface area (Å²) < 4.78 is 5.39. The highest BCUT2D eigenvalue weighted by atomic mass is 16.5. The van der Waals surface area contributed by atoms with E-state index >= 15 is 0 Å². The van der Waals surface area contributed by atoms with Crippen molar-refractivity contribution < 1.29 is 9.53 Å². The Morgan fingerprint density at radius 1 is 1.33 bits per heavy atom. The molecule has 0 bridgehead atoms. The second kappa shape index (κ2) is 4.15. The van der Waals surface area contributed by atoms with E-state index in [0.29, 0.717) is 0 Å². The van der Waals surface area contributed by atoms with Crippen LogP contribution in [0.2, 0.25) is 0 Å². The second-order valence-corrected chi connectivity index (χ2v) is 4.16. The third-order valence-electron chi connectivity index (χ3n) is 3.01. The maximum absolute atomic E-state index is 12.0. The monoisotopic (exact) mass is 204 g/mol. The van der Waals surface area contributed by atoms with Crippen molar-refractivity contribution in [2.75, 3.05) is 6.61 Å². The Morgan fingerprint density at radius 3 is 2.73 bits per heavy atom. The van der Waals surface area contributed by atoms with Gasteiger partial charge in [0.05, 0.1) is 0 Å². The van der Waals surface area contributed by atoms with E-state index in [0.717, 1.165) is 25.0 Å². The molecule has 80 valence electrons. The van der Waals surface area contributed by atoms with E-state index < -0.39 is 0 Å². The highest BCUT2D eigenvalue weighted by molar-refractivity contribution is 5.99. The molecule has 0 radical (unpaired) electrons. The van der Waals surface area contributed by atoms with Gasteiger partial charge in [-0.2, -0.15) is 0 Å². The molecule has 0 N–H and O–H groups in total. The average molecular weight is 204 g/mol. The number of hydrogen-bond donors (Lipinski definition) is 0. The van der Waals surface area contributed by atoms with Gasteiger partial charge in [0, 0.05) is 12.2 Å². The number of carbonyl (C=O) groups excluding carboxylic acids is 1. The number of Topliss-reactive ketones (excluding diaryl/α,β-unsaturated/α-hetero) is 1. The Labute approximate surface area is 90.3 Å². The van der Waals surface area contributed by atoms with Gasteiger partial charge >= 0.3 is 0 Å². The van der Waals surface area contributed by atoms with Crippen LogP contribution in [0.4, 0.5) is 0 Å². The van der Waals surface area contributed by atoms with Crippen LogP contribution < -0.4 is 0 Å². The van der Waals surface area contributed by atoms with Gasteiger partial charge in [-0.1, -0.05) is 12.1 Å². The zero-order valence-electron chi connectivity index (χ0n) is 9.25. The van der Waals surface area contributed by atoms with E-state index in [1.54, 1.807) is 0 Å². The summed E-state index contributed by atoms with van der Waals surface area (Å²) in [6.45, 7) is 4.80. The van der Waals surface area contributed by atoms with E-state index in [9.17, 15) is 4.79 Å². The molecule has 1 aliphatic heterocycles. The van der Waals surface area contributed by atoms with E-state index in [-0.39, 0.29) is 11.9 Å². The maximum atomic E-state index is 12.0. The van der Waals surface area contributed by atoms with Gasteiger partial charge in [-0.05, 0) is 43.9 Å². The average Bonchev–Trinajstić information content (AvgIpc) is 2.74. The summed E-state index contributed by atoms with van der Waals surface area (Å²) in [4.78, 5) is 12.0. The van der Waals surface area contributed by atoms with Crippen molar-refractivity contribution in [3.05, 3.63) is 34.9 Å². The summed E-state index contributed by atoms with van der Waals surface area (Å²) in [5, 5.41) is 0. The van der Waals surface area contributed by atoms with E-state index in [1.807, 2.05) is 25.1 Å². The molecule has 2 nitrogen and oxygen atoms in total. The standard InChI is InChI=1S/C13H16O2/c1-9-5-6-11(8-10(9)2)13(14)12-4-3-7-15-12/h5-6,8,12H,3-4,7H2,1-2H3. The number of hydrogen-bond acceptors (Lipinski definition) is 2. The first kappa shape index (κ1) is 10.4. The fourth-order valence-electron chi connectivity index (χ4n) is 1.87. The Bertz CT molecular complexity index is 376. The second-order valence-electron chi connectivity index (χ2n) is 4.16. The largest absolute Gasteiger partial charge is 0.370 e. The van der Waals surface area contributed by atoms with Gasteiger partial charge in [0.25, 0.3) is 0 Å². The normalized spacial score (nSPS) is 20.5. The minimum Gasteiger partial charge on any atom is -0.370 e. The predicted octanol–water partition coefficient (Wildman–Crippen LogP) is 2.67. The molecule has 0 saturated carbocycles. The summed E-state index contributed by atoms with van der Waals surface area (Å²) >= 11 is 0.